The van der Waals surface area contributed by atoms with Crippen LogP contribution in [0.25, 0.3) is 11.3 Å². The highest BCUT2D eigenvalue weighted by Crippen LogP contribution is 2.19. The molecule has 1 amide bonds. The first-order chi connectivity index (χ1) is 10.3. The molecule has 1 unspecified atom stereocenters. The molecule has 0 saturated carbocycles. The molecule has 0 spiro atoms. The highest BCUT2D eigenvalue weighted by atomic mass is 16.2. The average Bonchev–Trinajstić information content (AvgIpc) is 2.73. The van der Waals surface area contributed by atoms with Gasteiger partial charge in [0.25, 0.3) is 5.56 Å². The van der Waals surface area contributed by atoms with Crippen molar-refractivity contribution in [3.63, 3.8) is 0 Å². The third kappa shape index (κ3) is 2.86. The maximum atomic E-state index is 12.1. The van der Waals surface area contributed by atoms with Crippen LogP contribution in [-0.2, 0) is 4.79 Å². The maximum Gasteiger partial charge on any atom is 0.267 e. The van der Waals surface area contributed by atoms with Gasteiger partial charge in [-0.3, -0.25) is 9.59 Å². The maximum absolute atomic E-state index is 12.1. The van der Waals surface area contributed by atoms with Crippen LogP contribution in [0.4, 0.5) is 0 Å². The van der Waals surface area contributed by atoms with Crippen LogP contribution in [0.3, 0.4) is 0 Å². The second-order valence-electron chi connectivity index (χ2n) is 5.17. The van der Waals surface area contributed by atoms with Crippen molar-refractivity contribution in [2.45, 2.75) is 25.3 Å². The molecule has 3 rings (SSSR count). The number of hydrogen-bond donors (Lipinski definition) is 1. The van der Waals surface area contributed by atoms with E-state index in [1.165, 1.54) is 10.7 Å². The van der Waals surface area contributed by atoms with E-state index < -0.39 is 6.04 Å². The zero-order chi connectivity index (χ0) is 14.7. The lowest BCUT2D eigenvalue weighted by molar-refractivity contribution is -0.124. The van der Waals surface area contributed by atoms with Crippen molar-refractivity contribution in [3.8, 4) is 11.3 Å². The van der Waals surface area contributed by atoms with Gasteiger partial charge in [-0.1, -0.05) is 30.3 Å². The number of benzene rings is 1. The van der Waals surface area contributed by atoms with E-state index in [9.17, 15) is 9.59 Å². The lowest BCUT2D eigenvalue weighted by atomic mass is 10.1. The van der Waals surface area contributed by atoms with Gasteiger partial charge < -0.3 is 5.32 Å². The molecule has 1 N–H and O–H groups in total. The van der Waals surface area contributed by atoms with Crippen LogP contribution < -0.4 is 10.9 Å². The van der Waals surface area contributed by atoms with Gasteiger partial charge in [0.15, 0.2) is 0 Å². The predicted molar refractivity (Wildman–Crippen MR) is 79.8 cm³/mol. The number of aromatic nitrogens is 2. The van der Waals surface area contributed by atoms with Gasteiger partial charge in [-0.15, -0.1) is 0 Å². The Morgan fingerprint density at radius 1 is 1.05 bits per heavy atom. The van der Waals surface area contributed by atoms with E-state index in [4.69, 9.17) is 0 Å². The minimum absolute atomic E-state index is 0.118. The van der Waals surface area contributed by atoms with E-state index in [0.29, 0.717) is 18.7 Å². The number of nitrogens with zero attached hydrogens (tertiary/aromatic N) is 2. The Morgan fingerprint density at radius 2 is 1.86 bits per heavy atom. The van der Waals surface area contributed by atoms with Crippen molar-refractivity contribution in [3.05, 3.63) is 52.8 Å². The zero-order valence-corrected chi connectivity index (χ0v) is 11.7. The summed E-state index contributed by atoms with van der Waals surface area (Å²) in [6, 6.07) is 12.3. The fraction of sp³-hybridized carbons (Fsp3) is 0.312. The van der Waals surface area contributed by atoms with Gasteiger partial charge in [0.1, 0.15) is 6.04 Å². The van der Waals surface area contributed by atoms with Crippen molar-refractivity contribution >= 4 is 5.91 Å². The normalized spacial score (nSPS) is 18.9. The molecule has 5 nitrogen and oxygen atoms in total. The molecule has 1 fully saturated rings. The Kier molecular flexibility index (Phi) is 3.81. The minimum atomic E-state index is -0.510. The van der Waals surface area contributed by atoms with Crippen molar-refractivity contribution in [2.24, 2.45) is 0 Å². The average molecular weight is 283 g/mol. The van der Waals surface area contributed by atoms with E-state index >= 15 is 0 Å². The molecule has 2 aromatic rings. The quantitative estimate of drug-likeness (QED) is 0.913. The van der Waals surface area contributed by atoms with E-state index in [2.05, 4.69) is 10.4 Å². The van der Waals surface area contributed by atoms with E-state index in [0.717, 1.165) is 18.4 Å². The van der Waals surface area contributed by atoms with Gasteiger partial charge in [-0.05, 0) is 25.3 Å². The van der Waals surface area contributed by atoms with Crippen LogP contribution in [0.1, 0.15) is 25.3 Å². The highest BCUT2D eigenvalue weighted by Gasteiger charge is 2.24. The summed E-state index contributed by atoms with van der Waals surface area (Å²) in [5.74, 6) is -0.118. The largest absolute Gasteiger partial charge is 0.354 e. The summed E-state index contributed by atoms with van der Waals surface area (Å²) in [6.45, 7) is 0.669. The smallest absolute Gasteiger partial charge is 0.267 e. The van der Waals surface area contributed by atoms with Gasteiger partial charge >= 0.3 is 0 Å². The zero-order valence-electron chi connectivity index (χ0n) is 11.7. The molecule has 0 radical (unpaired) electrons. The summed E-state index contributed by atoms with van der Waals surface area (Å²) >= 11 is 0. The molecule has 1 aromatic heterocycles. The van der Waals surface area contributed by atoms with Crippen LogP contribution in [-0.4, -0.2) is 22.2 Å². The molecule has 1 atom stereocenters. The molecule has 1 aliphatic rings. The topological polar surface area (TPSA) is 64.0 Å². The van der Waals surface area contributed by atoms with Crippen LogP contribution in [0, 0.1) is 0 Å². The highest BCUT2D eigenvalue weighted by molar-refractivity contribution is 5.80. The first kappa shape index (κ1) is 13.5. The lowest BCUT2D eigenvalue weighted by Crippen LogP contribution is -2.37. The summed E-state index contributed by atoms with van der Waals surface area (Å²) in [4.78, 5) is 24.2. The van der Waals surface area contributed by atoms with Gasteiger partial charge in [-0.25, -0.2) is 4.68 Å². The monoisotopic (exact) mass is 283 g/mol. The van der Waals surface area contributed by atoms with Crippen molar-refractivity contribution in [2.75, 3.05) is 6.54 Å². The summed E-state index contributed by atoms with van der Waals surface area (Å²) in [7, 11) is 0. The Bertz CT molecular complexity index is 694. The van der Waals surface area contributed by atoms with Crippen LogP contribution >= 0.6 is 0 Å². The Balaban J connectivity index is 2.02. The number of rotatable bonds is 2. The molecule has 1 aromatic carbocycles. The van der Waals surface area contributed by atoms with Crippen molar-refractivity contribution in [1.29, 1.82) is 0 Å². The SMILES string of the molecule is O=C1NCCCCC1n1nc(-c2ccccc2)ccc1=O. The minimum Gasteiger partial charge on any atom is -0.354 e. The first-order valence-corrected chi connectivity index (χ1v) is 7.19. The molecule has 0 bridgehead atoms. The summed E-state index contributed by atoms with van der Waals surface area (Å²) in [5.41, 5.74) is 1.39. The predicted octanol–water partition coefficient (Wildman–Crippen LogP) is 1.75. The van der Waals surface area contributed by atoms with Crippen molar-refractivity contribution < 1.29 is 4.79 Å². The van der Waals surface area contributed by atoms with E-state index in [1.807, 2.05) is 30.3 Å². The van der Waals surface area contributed by atoms with Gasteiger partial charge in [0.2, 0.25) is 5.91 Å². The van der Waals surface area contributed by atoms with Crippen LogP contribution in [0.2, 0.25) is 0 Å². The number of carbonyl (C=O) groups excluding carboxylic acids is 1. The lowest BCUT2D eigenvalue weighted by Gasteiger charge is -2.16. The van der Waals surface area contributed by atoms with Gasteiger partial charge in [0.05, 0.1) is 5.69 Å². The fourth-order valence-electron chi connectivity index (χ4n) is 2.57. The molecule has 21 heavy (non-hydrogen) atoms. The Hall–Kier alpha value is -2.43. The summed E-state index contributed by atoms with van der Waals surface area (Å²) in [5, 5.41) is 7.24. The number of amides is 1. The molecule has 5 heteroatoms. The molecule has 0 aliphatic carbocycles. The van der Waals surface area contributed by atoms with Gasteiger partial charge in [0, 0.05) is 18.2 Å². The second-order valence-corrected chi connectivity index (χ2v) is 5.17. The molecule has 1 aliphatic heterocycles. The first-order valence-electron chi connectivity index (χ1n) is 7.19. The van der Waals surface area contributed by atoms with E-state index in [-0.39, 0.29) is 11.5 Å². The van der Waals surface area contributed by atoms with Crippen molar-refractivity contribution in [1.82, 2.24) is 15.1 Å². The molecular weight excluding hydrogens is 266 g/mol. The summed E-state index contributed by atoms with van der Waals surface area (Å²) in [6.07, 6.45) is 2.50. The summed E-state index contributed by atoms with van der Waals surface area (Å²) < 4.78 is 1.32. The number of nitrogens with one attached hydrogen (secondary N) is 1. The van der Waals surface area contributed by atoms with Crippen LogP contribution in [0.5, 0.6) is 0 Å². The second kappa shape index (κ2) is 5.91. The Labute approximate surface area is 122 Å². The Morgan fingerprint density at radius 3 is 2.67 bits per heavy atom. The fourth-order valence-corrected chi connectivity index (χ4v) is 2.57. The van der Waals surface area contributed by atoms with E-state index in [1.54, 1.807) is 6.07 Å². The number of hydrogen-bond acceptors (Lipinski definition) is 3. The molecule has 108 valence electrons. The molecular formula is C16H17N3O2. The third-order valence-corrected chi connectivity index (χ3v) is 3.70. The standard InChI is InChI=1S/C16H17N3O2/c20-15-10-9-13(12-6-2-1-3-7-12)18-19(15)14-8-4-5-11-17-16(14)21/h1-3,6-7,9-10,14H,4-5,8,11H2,(H,17,21). The molecule has 1 saturated heterocycles. The van der Waals surface area contributed by atoms with Crippen LogP contribution in [0.15, 0.2) is 47.3 Å². The van der Waals surface area contributed by atoms with Gasteiger partial charge in [-0.2, -0.15) is 5.10 Å². The number of carbonyl (C=O) groups is 1. The molecule has 2 heterocycles. The third-order valence-electron chi connectivity index (χ3n) is 3.70.